The lowest BCUT2D eigenvalue weighted by atomic mass is 9.97. The number of phenolic OH excluding ortho intramolecular Hbond substituents is 1. The molecular weight excluding hydrogens is 608 g/mol. The molecule has 0 spiro atoms. The van der Waals surface area contributed by atoms with Crippen LogP contribution in [-0.2, 0) is 29.1 Å². The van der Waals surface area contributed by atoms with Crippen molar-refractivity contribution < 1.29 is 24.2 Å². The number of urea groups is 1. The highest BCUT2D eigenvalue weighted by molar-refractivity contribution is 5.91. The van der Waals surface area contributed by atoms with Crippen molar-refractivity contribution in [3.63, 3.8) is 0 Å². The lowest BCUT2D eigenvalue weighted by molar-refractivity contribution is -0.189. The summed E-state index contributed by atoms with van der Waals surface area (Å²) in [4.78, 5) is 49.6. The molecule has 0 bridgehead atoms. The highest BCUT2D eigenvalue weighted by Gasteiger charge is 2.51. The number of fused-ring (bicyclic) bond motifs is 1. The summed E-state index contributed by atoms with van der Waals surface area (Å²) in [7, 11) is 1.61. The summed E-state index contributed by atoms with van der Waals surface area (Å²) in [6.07, 6.45) is 4.51. The van der Waals surface area contributed by atoms with E-state index in [0.717, 1.165) is 27.8 Å². The van der Waals surface area contributed by atoms with E-state index in [4.69, 9.17) is 4.74 Å². The number of pyridine rings is 1. The molecule has 3 aromatic carbocycles. The summed E-state index contributed by atoms with van der Waals surface area (Å²) < 4.78 is 5.64. The van der Waals surface area contributed by atoms with Crippen LogP contribution in [0.4, 0.5) is 4.79 Å². The van der Waals surface area contributed by atoms with Gasteiger partial charge in [-0.05, 0) is 58.7 Å². The smallest absolute Gasteiger partial charge is 0.334 e. The van der Waals surface area contributed by atoms with E-state index in [2.05, 4.69) is 16.9 Å². The van der Waals surface area contributed by atoms with Crippen molar-refractivity contribution in [1.29, 1.82) is 0 Å². The van der Waals surface area contributed by atoms with E-state index in [1.165, 1.54) is 0 Å². The first-order valence-corrected chi connectivity index (χ1v) is 15.8. The van der Waals surface area contributed by atoms with Crippen molar-refractivity contribution in [2.24, 2.45) is 0 Å². The number of methoxy groups -OCH3 is 1. The number of carbonyl (C=O) groups is 3. The zero-order valence-corrected chi connectivity index (χ0v) is 26.7. The van der Waals surface area contributed by atoms with Crippen molar-refractivity contribution in [3.8, 4) is 22.6 Å². The number of hydrogen-bond acceptors (Lipinski definition) is 7. The number of hydrazine groups is 1. The summed E-state index contributed by atoms with van der Waals surface area (Å²) in [5.74, 6) is 0.310. The maximum absolute atomic E-state index is 14.4. The van der Waals surface area contributed by atoms with Gasteiger partial charge in [0.1, 0.15) is 23.7 Å². The maximum atomic E-state index is 14.4. The molecule has 4 amide bonds. The van der Waals surface area contributed by atoms with Crippen LogP contribution in [0.3, 0.4) is 0 Å². The minimum atomic E-state index is -0.881. The molecule has 48 heavy (non-hydrogen) atoms. The molecule has 3 heterocycles. The van der Waals surface area contributed by atoms with E-state index >= 15 is 0 Å². The third kappa shape index (κ3) is 6.86. The van der Waals surface area contributed by atoms with Crippen molar-refractivity contribution in [2.45, 2.75) is 31.7 Å². The second-order valence-corrected chi connectivity index (χ2v) is 11.8. The van der Waals surface area contributed by atoms with Gasteiger partial charge < -0.3 is 25.0 Å². The Morgan fingerprint density at radius 2 is 1.73 bits per heavy atom. The summed E-state index contributed by atoms with van der Waals surface area (Å²) in [6.45, 7) is 4.66. The normalized spacial score (nSPS) is 18.0. The molecule has 2 aliphatic rings. The van der Waals surface area contributed by atoms with Crippen molar-refractivity contribution in [2.75, 3.05) is 26.7 Å². The van der Waals surface area contributed by atoms with Gasteiger partial charge in [-0.15, -0.1) is 6.58 Å². The van der Waals surface area contributed by atoms with Gasteiger partial charge in [0.15, 0.2) is 0 Å². The third-order valence-corrected chi connectivity index (χ3v) is 8.66. The molecule has 2 atom stereocenters. The summed E-state index contributed by atoms with van der Waals surface area (Å²) >= 11 is 0. The van der Waals surface area contributed by atoms with Crippen molar-refractivity contribution >= 4 is 17.8 Å². The van der Waals surface area contributed by atoms with Gasteiger partial charge in [0.2, 0.25) is 11.8 Å². The van der Waals surface area contributed by atoms with E-state index in [0.29, 0.717) is 12.3 Å². The van der Waals surface area contributed by atoms with E-state index in [9.17, 15) is 19.5 Å². The Labute approximate surface area is 279 Å². The molecule has 0 saturated carbocycles. The lowest BCUT2D eigenvalue weighted by Gasteiger charge is -2.55. The zero-order chi connectivity index (χ0) is 33.6. The largest absolute Gasteiger partial charge is 0.508 e. The first-order valence-electron chi connectivity index (χ1n) is 15.8. The number of carbonyl (C=O) groups excluding carboxylic acids is 3. The Balaban J connectivity index is 1.36. The number of amides is 4. The number of nitrogens with zero attached hydrogens (tertiary/aromatic N) is 5. The number of aromatic nitrogens is 1. The Morgan fingerprint density at radius 1 is 1.00 bits per heavy atom. The molecule has 6 rings (SSSR count). The Kier molecular flexibility index (Phi) is 9.67. The second-order valence-electron chi connectivity index (χ2n) is 11.8. The highest BCUT2D eigenvalue weighted by Crippen LogP contribution is 2.33. The van der Waals surface area contributed by atoms with Crippen LogP contribution in [0.25, 0.3) is 11.1 Å². The first-order chi connectivity index (χ1) is 23.4. The Hall–Kier alpha value is -5.68. The standard InChI is InChI=1S/C37H38N6O5/c1-3-19-41-25-35(45)42-32(21-26-9-12-30(44)13-10-26)36(46)40(24-34(42)43(41)37(47)39-22-27-7-5-4-6-8-27)23-28-11-14-33(48-2)31(20-28)29-15-17-38-18-16-29/h3-18,20,32,34,44H,1,19,21-25H2,2H3,(H,39,47)/t32-,34-/m0/s1. The molecule has 11 nitrogen and oxygen atoms in total. The predicted octanol–water partition coefficient (Wildman–Crippen LogP) is 4.20. The Bertz CT molecular complexity index is 1770. The molecule has 2 N–H and O–H groups in total. The van der Waals surface area contributed by atoms with Crippen LogP contribution < -0.4 is 10.1 Å². The molecule has 0 aliphatic carbocycles. The van der Waals surface area contributed by atoms with Gasteiger partial charge in [-0.25, -0.2) is 14.8 Å². The monoisotopic (exact) mass is 646 g/mol. The average molecular weight is 647 g/mol. The highest BCUT2D eigenvalue weighted by atomic mass is 16.5. The minimum absolute atomic E-state index is 0.0889. The van der Waals surface area contributed by atoms with Crippen LogP contribution >= 0.6 is 0 Å². The van der Waals surface area contributed by atoms with Gasteiger partial charge in [-0.1, -0.05) is 54.6 Å². The fourth-order valence-electron chi connectivity index (χ4n) is 6.38. The number of rotatable bonds is 10. The zero-order valence-electron chi connectivity index (χ0n) is 26.7. The molecule has 0 radical (unpaired) electrons. The van der Waals surface area contributed by atoms with Gasteiger partial charge in [-0.3, -0.25) is 14.6 Å². The van der Waals surface area contributed by atoms with Gasteiger partial charge >= 0.3 is 6.03 Å². The summed E-state index contributed by atoms with van der Waals surface area (Å²) in [6, 6.07) is 24.5. The molecule has 2 saturated heterocycles. The van der Waals surface area contributed by atoms with Gasteiger partial charge in [0, 0.05) is 44.0 Å². The second kappa shape index (κ2) is 14.4. The quantitative estimate of drug-likeness (QED) is 0.248. The van der Waals surface area contributed by atoms with Crippen LogP contribution in [0, 0.1) is 0 Å². The van der Waals surface area contributed by atoms with Crippen LogP contribution in [-0.4, -0.2) is 86.7 Å². The average Bonchev–Trinajstić information content (AvgIpc) is 3.11. The number of piperazine rings is 1. The van der Waals surface area contributed by atoms with Crippen molar-refractivity contribution in [1.82, 2.24) is 30.1 Å². The van der Waals surface area contributed by atoms with E-state index < -0.39 is 12.2 Å². The molecule has 246 valence electrons. The fourth-order valence-corrected chi connectivity index (χ4v) is 6.38. The molecule has 2 aliphatic heterocycles. The molecular formula is C37H38N6O5. The van der Waals surface area contributed by atoms with Crippen molar-refractivity contribution in [3.05, 3.63) is 127 Å². The van der Waals surface area contributed by atoms with Crippen LogP contribution in [0.5, 0.6) is 11.5 Å². The van der Waals surface area contributed by atoms with Crippen LogP contribution in [0.1, 0.15) is 16.7 Å². The number of nitrogens with one attached hydrogen (secondary N) is 1. The number of benzene rings is 3. The molecule has 11 heteroatoms. The third-order valence-electron chi connectivity index (χ3n) is 8.66. The number of phenols is 1. The van der Waals surface area contributed by atoms with Gasteiger partial charge in [0.05, 0.1) is 20.2 Å². The van der Waals surface area contributed by atoms with Crippen LogP contribution in [0.2, 0.25) is 0 Å². The number of hydrogen-bond donors (Lipinski definition) is 2. The first kappa shape index (κ1) is 32.3. The molecule has 0 unspecified atom stereocenters. The molecule has 4 aromatic rings. The van der Waals surface area contributed by atoms with E-state index in [1.807, 2.05) is 60.7 Å². The number of ether oxygens (including phenoxy) is 1. The van der Waals surface area contributed by atoms with Crippen LogP contribution in [0.15, 0.2) is 110 Å². The molecule has 1 aromatic heterocycles. The van der Waals surface area contributed by atoms with E-state index in [1.54, 1.807) is 69.7 Å². The fraction of sp³-hybridized carbons (Fsp3) is 0.243. The summed E-state index contributed by atoms with van der Waals surface area (Å²) in [5.41, 5.74) is 4.34. The maximum Gasteiger partial charge on any atom is 0.334 e. The molecule has 2 fully saturated rings. The van der Waals surface area contributed by atoms with Gasteiger partial charge in [-0.2, -0.15) is 0 Å². The van der Waals surface area contributed by atoms with E-state index in [-0.39, 0.29) is 56.2 Å². The minimum Gasteiger partial charge on any atom is -0.508 e. The summed E-state index contributed by atoms with van der Waals surface area (Å²) in [5, 5.41) is 16.1. The Morgan fingerprint density at radius 3 is 2.44 bits per heavy atom. The van der Waals surface area contributed by atoms with Gasteiger partial charge in [0.25, 0.3) is 0 Å². The topological polar surface area (TPSA) is 119 Å². The lowest BCUT2D eigenvalue weighted by Crippen LogP contribution is -2.76. The predicted molar refractivity (Wildman–Crippen MR) is 180 cm³/mol. The number of aromatic hydroxyl groups is 1. The SMILES string of the molecule is C=CCN1CC(=O)N2[C@@H](Cc3ccc(O)cc3)C(=O)N(Cc3ccc(OC)c(-c4ccncc4)c3)C[C@@H]2N1C(=O)NCc1ccccc1.